The number of fused-ring (bicyclic) bond motifs is 1. The highest BCUT2D eigenvalue weighted by atomic mass is 79.9. The molecule has 1 aliphatic rings. The predicted octanol–water partition coefficient (Wildman–Crippen LogP) is 3.85. The Hall–Kier alpha value is -1.88. The summed E-state index contributed by atoms with van der Waals surface area (Å²) in [5, 5.41) is 9.09. The zero-order valence-corrected chi connectivity index (χ0v) is 12.7. The molecular weight excluding hydrogens is 337 g/mol. The molecule has 0 fully saturated rings. The summed E-state index contributed by atoms with van der Waals surface area (Å²) in [6.07, 6.45) is 0.900. The SMILES string of the molecule is O=C(O)c1ccc2c(c1)N(Cc1ccc(F)c(Br)c1)CC2. The number of carboxylic acid groups (broad SMARTS) is 1. The van der Waals surface area contributed by atoms with Gasteiger partial charge in [-0.25, -0.2) is 9.18 Å². The Morgan fingerprint density at radius 2 is 2.10 bits per heavy atom. The maximum Gasteiger partial charge on any atom is 0.335 e. The molecular formula is C16H13BrFNO2. The van der Waals surface area contributed by atoms with Gasteiger partial charge < -0.3 is 10.0 Å². The number of carbonyl (C=O) groups is 1. The average molecular weight is 350 g/mol. The smallest absolute Gasteiger partial charge is 0.335 e. The molecule has 0 aromatic heterocycles. The van der Waals surface area contributed by atoms with Crippen molar-refractivity contribution in [3.63, 3.8) is 0 Å². The maximum atomic E-state index is 13.3. The van der Waals surface area contributed by atoms with Crippen molar-refractivity contribution in [1.82, 2.24) is 0 Å². The van der Waals surface area contributed by atoms with E-state index in [1.165, 1.54) is 6.07 Å². The zero-order chi connectivity index (χ0) is 15.0. The summed E-state index contributed by atoms with van der Waals surface area (Å²) in [6.45, 7) is 1.47. The minimum atomic E-state index is -0.922. The average Bonchev–Trinajstić information content (AvgIpc) is 2.85. The van der Waals surface area contributed by atoms with Gasteiger partial charge in [0.1, 0.15) is 5.82 Å². The number of hydrogen-bond donors (Lipinski definition) is 1. The number of rotatable bonds is 3. The summed E-state index contributed by atoms with van der Waals surface area (Å²) in [6, 6.07) is 10.2. The zero-order valence-electron chi connectivity index (χ0n) is 11.1. The highest BCUT2D eigenvalue weighted by Gasteiger charge is 2.21. The highest BCUT2D eigenvalue weighted by Crippen LogP contribution is 2.31. The summed E-state index contributed by atoms with van der Waals surface area (Å²) >= 11 is 3.19. The van der Waals surface area contributed by atoms with E-state index in [-0.39, 0.29) is 5.82 Å². The lowest BCUT2D eigenvalue weighted by Gasteiger charge is -2.20. The fourth-order valence-electron chi connectivity index (χ4n) is 2.60. The van der Waals surface area contributed by atoms with Crippen LogP contribution in [-0.4, -0.2) is 17.6 Å². The minimum absolute atomic E-state index is 0.284. The lowest BCUT2D eigenvalue weighted by atomic mass is 10.1. The second kappa shape index (κ2) is 5.48. The van der Waals surface area contributed by atoms with Crippen LogP contribution in [-0.2, 0) is 13.0 Å². The minimum Gasteiger partial charge on any atom is -0.478 e. The molecule has 3 nitrogen and oxygen atoms in total. The van der Waals surface area contributed by atoms with Gasteiger partial charge in [-0.2, -0.15) is 0 Å². The quantitative estimate of drug-likeness (QED) is 0.914. The summed E-state index contributed by atoms with van der Waals surface area (Å²) in [7, 11) is 0. The molecule has 1 N–H and O–H groups in total. The first kappa shape index (κ1) is 14.1. The third-order valence-electron chi connectivity index (χ3n) is 3.68. The van der Waals surface area contributed by atoms with Gasteiger partial charge in [-0.15, -0.1) is 0 Å². The number of carboxylic acids is 1. The number of nitrogens with zero attached hydrogens (tertiary/aromatic N) is 1. The number of halogens is 2. The Morgan fingerprint density at radius 3 is 2.81 bits per heavy atom. The van der Waals surface area contributed by atoms with Gasteiger partial charge in [-0.3, -0.25) is 0 Å². The van der Waals surface area contributed by atoms with Crippen molar-refractivity contribution in [3.05, 3.63) is 63.4 Å². The van der Waals surface area contributed by atoms with Crippen LogP contribution in [0.5, 0.6) is 0 Å². The Bertz CT molecular complexity index is 717. The Balaban J connectivity index is 1.88. The van der Waals surface area contributed by atoms with E-state index in [1.807, 2.05) is 6.07 Å². The molecule has 1 aliphatic heterocycles. The normalized spacial score (nSPS) is 13.3. The Kier molecular flexibility index (Phi) is 3.68. The van der Waals surface area contributed by atoms with Gasteiger partial charge in [-0.05, 0) is 57.7 Å². The molecule has 2 aromatic rings. The van der Waals surface area contributed by atoms with Crippen LogP contribution in [0, 0.1) is 5.82 Å². The van der Waals surface area contributed by atoms with E-state index in [4.69, 9.17) is 5.11 Å². The van der Waals surface area contributed by atoms with Crippen molar-refractivity contribution >= 4 is 27.6 Å². The predicted molar refractivity (Wildman–Crippen MR) is 82.3 cm³/mol. The van der Waals surface area contributed by atoms with Crippen molar-refractivity contribution < 1.29 is 14.3 Å². The lowest BCUT2D eigenvalue weighted by molar-refractivity contribution is 0.0697. The first-order valence-electron chi connectivity index (χ1n) is 6.59. The monoisotopic (exact) mass is 349 g/mol. The van der Waals surface area contributed by atoms with E-state index < -0.39 is 5.97 Å². The molecule has 0 radical (unpaired) electrons. The summed E-state index contributed by atoms with van der Waals surface area (Å²) in [4.78, 5) is 13.2. The Morgan fingerprint density at radius 1 is 1.29 bits per heavy atom. The summed E-state index contributed by atoms with van der Waals surface area (Å²) in [5.41, 5.74) is 3.38. The molecule has 0 atom stereocenters. The molecule has 0 amide bonds. The maximum absolute atomic E-state index is 13.3. The van der Waals surface area contributed by atoms with E-state index in [2.05, 4.69) is 20.8 Å². The van der Waals surface area contributed by atoms with Crippen LogP contribution >= 0.6 is 15.9 Å². The van der Waals surface area contributed by atoms with E-state index in [0.717, 1.165) is 29.8 Å². The fraction of sp³-hybridized carbons (Fsp3) is 0.188. The second-order valence-electron chi connectivity index (χ2n) is 5.07. The van der Waals surface area contributed by atoms with Crippen LogP contribution < -0.4 is 4.90 Å². The van der Waals surface area contributed by atoms with Gasteiger partial charge in [-0.1, -0.05) is 12.1 Å². The van der Waals surface area contributed by atoms with Crippen molar-refractivity contribution in [2.24, 2.45) is 0 Å². The number of benzene rings is 2. The summed E-state index contributed by atoms with van der Waals surface area (Å²) < 4.78 is 13.7. The van der Waals surface area contributed by atoms with E-state index in [9.17, 15) is 9.18 Å². The molecule has 5 heteroatoms. The summed E-state index contributed by atoms with van der Waals surface area (Å²) in [5.74, 6) is -1.21. The third kappa shape index (κ3) is 2.78. The molecule has 0 aliphatic carbocycles. The van der Waals surface area contributed by atoms with E-state index in [0.29, 0.717) is 16.6 Å². The second-order valence-corrected chi connectivity index (χ2v) is 5.92. The van der Waals surface area contributed by atoms with Crippen LogP contribution in [0.3, 0.4) is 0 Å². The van der Waals surface area contributed by atoms with Crippen LogP contribution in [0.2, 0.25) is 0 Å². The van der Waals surface area contributed by atoms with Crippen LogP contribution in [0.25, 0.3) is 0 Å². The van der Waals surface area contributed by atoms with Gasteiger partial charge in [0.25, 0.3) is 0 Å². The molecule has 0 saturated carbocycles. The fourth-order valence-corrected chi connectivity index (χ4v) is 3.03. The Labute approximate surface area is 130 Å². The standard InChI is InChI=1S/C16H13BrFNO2/c17-13-7-10(1-4-14(13)18)9-19-6-5-11-2-3-12(16(20)21)8-15(11)19/h1-4,7-8H,5-6,9H2,(H,20,21). The van der Waals surface area contributed by atoms with Crippen molar-refractivity contribution in [1.29, 1.82) is 0 Å². The molecule has 0 unspecified atom stereocenters. The number of aromatic carboxylic acids is 1. The van der Waals surface area contributed by atoms with Gasteiger partial charge in [0.15, 0.2) is 0 Å². The third-order valence-corrected chi connectivity index (χ3v) is 4.29. The van der Waals surface area contributed by atoms with Crippen LogP contribution in [0.1, 0.15) is 21.5 Å². The molecule has 0 saturated heterocycles. The lowest BCUT2D eigenvalue weighted by Crippen LogP contribution is -2.20. The van der Waals surface area contributed by atoms with E-state index in [1.54, 1.807) is 24.3 Å². The molecule has 0 bridgehead atoms. The van der Waals surface area contributed by atoms with Gasteiger partial charge >= 0.3 is 5.97 Å². The largest absolute Gasteiger partial charge is 0.478 e. The van der Waals surface area contributed by atoms with E-state index >= 15 is 0 Å². The van der Waals surface area contributed by atoms with Crippen LogP contribution in [0.4, 0.5) is 10.1 Å². The van der Waals surface area contributed by atoms with Crippen LogP contribution in [0.15, 0.2) is 40.9 Å². The topological polar surface area (TPSA) is 40.5 Å². The van der Waals surface area contributed by atoms with Crippen molar-refractivity contribution in [2.75, 3.05) is 11.4 Å². The molecule has 21 heavy (non-hydrogen) atoms. The van der Waals surface area contributed by atoms with Gasteiger partial charge in [0, 0.05) is 18.8 Å². The highest BCUT2D eigenvalue weighted by molar-refractivity contribution is 9.10. The first-order valence-corrected chi connectivity index (χ1v) is 7.39. The van der Waals surface area contributed by atoms with Gasteiger partial charge in [0.2, 0.25) is 0 Å². The number of hydrogen-bond acceptors (Lipinski definition) is 2. The molecule has 2 aromatic carbocycles. The van der Waals surface area contributed by atoms with Gasteiger partial charge in [0.05, 0.1) is 10.0 Å². The molecule has 108 valence electrons. The molecule has 1 heterocycles. The van der Waals surface area contributed by atoms with Crippen molar-refractivity contribution in [2.45, 2.75) is 13.0 Å². The first-order chi connectivity index (χ1) is 10.0. The molecule has 3 rings (SSSR count). The molecule has 0 spiro atoms. The number of anilines is 1. The van der Waals surface area contributed by atoms with Crippen molar-refractivity contribution in [3.8, 4) is 0 Å².